The molecule has 3 heterocycles. The molecule has 1 N–H and O–H groups in total. The smallest absolute Gasteiger partial charge is 0.245 e. The molecule has 0 saturated carbocycles. The number of hydrogen-bond donors (Lipinski definition) is 1. The lowest BCUT2D eigenvalue weighted by Crippen LogP contribution is -2.38. The molecule has 0 radical (unpaired) electrons. The van der Waals surface area contributed by atoms with E-state index in [0.717, 1.165) is 42.2 Å². The minimum Gasteiger partial charge on any atom is -0.339 e. The number of nitrogens with one attached hydrogen (secondary N) is 1. The highest BCUT2D eigenvalue weighted by Crippen LogP contribution is 2.18. The van der Waals surface area contributed by atoms with Crippen molar-refractivity contribution < 1.29 is 0 Å². The molecule has 20 heavy (non-hydrogen) atoms. The van der Waals surface area contributed by atoms with Crippen LogP contribution < -0.4 is 10.2 Å². The summed E-state index contributed by atoms with van der Waals surface area (Å²) in [6.45, 7) is 6.40. The van der Waals surface area contributed by atoms with Gasteiger partial charge in [-0.2, -0.15) is 4.98 Å². The van der Waals surface area contributed by atoms with Gasteiger partial charge in [0.15, 0.2) is 5.65 Å². The zero-order valence-electron chi connectivity index (χ0n) is 11.7. The number of pyridine rings is 1. The van der Waals surface area contributed by atoms with E-state index in [1.54, 1.807) is 0 Å². The van der Waals surface area contributed by atoms with Crippen LogP contribution in [0.2, 0.25) is 0 Å². The summed E-state index contributed by atoms with van der Waals surface area (Å²) in [5.74, 6) is 1.53. The molecule has 1 aliphatic heterocycles. The lowest BCUT2D eigenvalue weighted by atomic mass is 9.99. The minimum atomic E-state index is 0.696. The van der Waals surface area contributed by atoms with Gasteiger partial charge in [-0.1, -0.05) is 0 Å². The monoisotopic (exact) mass is 337 g/mol. The van der Waals surface area contributed by atoms with Gasteiger partial charge in [0.2, 0.25) is 5.95 Å². The molecule has 0 aliphatic carbocycles. The molecule has 2 aromatic heterocycles. The van der Waals surface area contributed by atoms with Crippen LogP contribution in [0.4, 0.5) is 5.95 Å². The molecule has 108 valence electrons. The van der Waals surface area contributed by atoms with Gasteiger partial charge in [0.25, 0.3) is 0 Å². The third-order valence-electron chi connectivity index (χ3n) is 3.83. The van der Waals surface area contributed by atoms with Crippen LogP contribution in [-0.2, 0) is 0 Å². The number of hydrogen-bond acceptors (Lipinski definition) is 4. The first kappa shape index (κ1) is 13.8. The summed E-state index contributed by atoms with van der Waals surface area (Å²) < 4.78 is 2.85. The SMILES string of the molecule is CCN(CC1CCCNC1)c1nc2ccc(Br)cn2n1. The topological polar surface area (TPSA) is 45.5 Å². The van der Waals surface area contributed by atoms with Crippen LogP contribution in [0.5, 0.6) is 0 Å². The number of rotatable bonds is 4. The van der Waals surface area contributed by atoms with Gasteiger partial charge in [0, 0.05) is 23.8 Å². The van der Waals surface area contributed by atoms with E-state index in [-0.39, 0.29) is 0 Å². The Morgan fingerprint density at radius 3 is 3.15 bits per heavy atom. The van der Waals surface area contributed by atoms with Crippen LogP contribution in [0.25, 0.3) is 5.65 Å². The molecule has 6 heteroatoms. The van der Waals surface area contributed by atoms with Gasteiger partial charge in [-0.15, -0.1) is 5.10 Å². The van der Waals surface area contributed by atoms with E-state index in [1.807, 2.05) is 22.8 Å². The van der Waals surface area contributed by atoms with Gasteiger partial charge in [0.1, 0.15) is 0 Å². The molecule has 1 atom stereocenters. The number of nitrogens with zero attached hydrogens (tertiary/aromatic N) is 4. The van der Waals surface area contributed by atoms with Crippen molar-refractivity contribution in [3.63, 3.8) is 0 Å². The molecule has 1 unspecified atom stereocenters. The van der Waals surface area contributed by atoms with Crippen molar-refractivity contribution in [3.8, 4) is 0 Å². The molecule has 2 aromatic rings. The van der Waals surface area contributed by atoms with Crippen LogP contribution in [0.15, 0.2) is 22.8 Å². The third kappa shape index (κ3) is 2.96. The Kier molecular flexibility index (Phi) is 4.21. The Hall–Kier alpha value is -1.14. The van der Waals surface area contributed by atoms with Gasteiger partial charge < -0.3 is 10.2 Å². The highest BCUT2D eigenvalue weighted by atomic mass is 79.9. The molecule has 5 nitrogen and oxygen atoms in total. The molecule has 1 saturated heterocycles. The van der Waals surface area contributed by atoms with Crippen molar-refractivity contribution in [3.05, 3.63) is 22.8 Å². The van der Waals surface area contributed by atoms with Crippen molar-refractivity contribution in [2.45, 2.75) is 19.8 Å². The summed E-state index contributed by atoms with van der Waals surface area (Å²) >= 11 is 3.46. The number of halogens is 1. The molecule has 0 spiro atoms. The maximum atomic E-state index is 4.63. The van der Waals surface area contributed by atoms with E-state index in [2.05, 4.69) is 43.2 Å². The van der Waals surface area contributed by atoms with Crippen molar-refractivity contribution in [2.24, 2.45) is 5.92 Å². The molecule has 0 aromatic carbocycles. The van der Waals surface area contributed by atoms with E-state index in [9.17, 15) is 0 Å². The number of aromatic nitrogens is 3. The predicted octanol–water partition coefficient (Wildman–Crippen LogP) is 2.32. The summed E-state index contributed by atoms with van der Waals surface area (Å²) in [5, 5.41) is 8.06. The van der Waals surface area contributed by atoms with Crippen molar-refractivity contribution in [2.75, 3.05) is 31.1 Å². The van der Waals surface area contributed by atoms with Gasteiger partial charge in [-0.25, -0.2) is 4.52 Å². The molecule has 1 fully saturated rings. The molecular formula is C14H20BrN5. The lowest BCUT2D eigenvalue weighted by Gasteiger charge is -2.28. The van der Waals surface area contributed by atoms with Crippen molar-refractivity contribution >= 4 is 27.5 Å². The Labute approximate surface area is 127 Å². The van der Waals surface area contributed by atoms with Crippen LogP contribution in [0, 0.1) is 5.92 Å². The first-order valence-electron chi connectivity index (χ1n) is 7.24. The fourth-order valence-corrected chi connectivity index (χ4v) is 3.05. The lowest BCUT2D eigenvalue weighted by molar-refractivity contribution is 0.376. The van der Waals surface area contributed by atoms with E-state index in [0.29, 0.717) is 5.92 Å². The van der Waals surface area contributed by atoms with Crippen molar-refractivity contribution in [1.82, 2.24) is 19.9 Å². The molecule has 1 aliphatic rings. The largest absolute Gasteiger partial charge is 0.339 e. The average molecular weight is 338 g/mol. The number of fused-ring (bicyclic) bond motifs is 1. The summed E-state index contributed by atoms with van der Waals surface area (Å²) in [6, 6.07) is 3.98. The number of anilines is 1. The highest BCUT2D eigenvalue weighted by molar-refractivity contribution is 9.10. The van der Waals surface area contributed by atoms with E-state index in [1.165, 1.54) is 12.8 Å². The molecular weight excluding hydrogens is 318 g/mol. The summed E-state index contributed by atoms with van der Waals surface area (Å²) in [6.07, 6.45) is 4.51. The second kappa shape index (κ2) is 6.10. The van der Waals surface area contributed by atoms with Crippen LogP contribution in [0.3, 0.4) is 0 Å². The van der Waals surface area contributed by atoms with Crippen LogP contribution >= 0.6 is 15.9 Å². The van der Waals surface area contributed by atoms with Gasteiger partial charge in [-0.3, -0.25) is 0 Å². The van der Waals surface area contributed by atoms with Crippen molar-refractivity contribution in [1.29, 1.82) is 0 Å². The molecule has 0 bridgehead atoms. The maximum Gasteiger partial charge on any atom is 0.245 e. The third-order valence-corrected chi connectivity index (χ3v) is 4.29. The zero-order valence-corrected chi connectivity index (χ0v) is 13.3. The Balaban J connectivity index is 1.79. The highest BCUT2D eigenvalue weighted by Gasteiger charge is 2.19. The van der Waals surface area contributed by atoms with E-state index >= 15 is 0 Å². The Morgan fingerprint density at radius 2 is 2.40 bits per heavy atom. The van der Waals surface area contributed by atoms with Crippen LogP contribution in [-0.4, -0.2) is 40.8 Å². The second-order valence-corrected chi connectivity index (χ2v) is 6.23. The van der Waals surface area contributed by atoms with Crippen LogP contribution in [0.1, 0.15) is 19.8 Å². The minimum absolute atomic E-state index is 0.696. The summed E-state index contributed by atoms with van der Waals surface area (Å²) in [5.41, 5.74) is 0.892. The first-order chi connectivity index (χ1) is 9.76. The molecule has 0 amide bonds. The quantitative estimate of drug-likeness (QED) is 0.929. The normalized spacial score (nSPS) is 19.4. The number of piperidine rings is 1. The van der Waals surface area contributed by atoms with Gasteiger partial charge in [0.05, 0.1) is 0 Å². The van der Waals surface area contributed by atoms with Gasteiger partial charge >= 0.3 is 0 Å². The average Bonchev–Trinajstić information content (AvgIpc) is 2.88. The Morgan fingerprint density at radius 1 is 1.50 bits per heavy atom. The molecule has 3 rings (SSSR count). The standard InChI is InChI=1S/C14H20BrN5/c1-2-19(9-11-4-3-7-16-8-11)14-17-13-6-5-12(15)10-20(13)18-14/h5-6,10-11,16H,2-4,7-9H2,1H3. The second-order valence-electron chi connectivity index (χ2n) is 5.31. The van der Waals surface area contributed by atoms with Gasteiger partial charge in [-0.05, 0) is 66.8 Å². The first-order valence-corrected chi connectivity index (χ1v) is 8.03. The Bertz CT molecular complexity index is 576. The fraction of sp³-hybridized carbons (Fsp3) is 0.571. The summed E-state index contributed by atoms with van der Waals surface area (Å²) in [7, 11) is 0. The maximum absolute atomic E-state index is 4.63. The fourth-order valence-electron chi connectivity index (χ4n) is 2.72. The zero-order chi connectivity index (χ0) is 13.9. The van der Waals surface area contributed by atoms with E-state index < -0.39 is 0 Å². The van der Waals surface area contributed by atoms with E-state index in [4.69, 9.17) is 0 Å². The summed E-state index contributed by atoms with van der Waals surface area (Å²) in [4.78, 5) is 6.90. The predicted molar refractivity (Wildman–Crippen MR) is 84.2 cm³/mol.